The number of allylic oxidation sites excluding steroid dienone is 2. The van der Waals surface area contributed by atoms with Crippen LogP contribution in [0.5, 0.6) is 0 Å². The lowest BCUT2D eigenvalue weighted by Gasteiger charge is -2.17. The van der Waals surface area contributed by atoms with E-state index < -0.39 is 0 Å². The van der Waals surface area contributed by atoms with Gasteiger partial charge in [0.15, 0.2) is 0 Å². The van der Waals surface area contributed by atoms with Crippen molar-refractivity contribution in [3.05, 3.63) is 34.9 Å². The average Bonchev–Trinajstić information content (AvgIpc) is 3.06. The molecule has 3 nitrogen and oxygen atoms in total. The quantitative estimate of drug-likeness (QED) is 0.328. The number of halogens is 2. The first-order valence-corrected chi connectivity index (χ1v) is 5.88. The third-order valence-corrected chi connectivity index (χ3v) is 2.69. The highest BCUT2D eigenvalue weighted by atomic mass is 35.5. The van der Waals surface area contributed by atoms with Crippen LogP contribution in [0, 0.1) is 0 Å². The van der Waals surface area contributed by atoms with Gasteiger partial charge in [-0.1, -0.05) is 36.4 Å². The number of rotatable bonds is 5. The predicted molar refractivity (Wildman–Crippen MR) is 72.4 cm³/mol. The summed E-state index contributed by atoms with van der Waals surface area (Å²) < 4.78 is 0. The highest BCUT2D eigenvalue weighted by Crippen LogP contribution is 2.28. The summed E-state index contributed by atoms with van der Waals surface area (Å²) in [4.78, 5) is 17.5. The van der Waals surface area contributed by atoms with E-state index in [0.717, 1.165) is 12.8 Å². The molecule has 1 saturated carbocycles. The zero-order chi connectivity index (χ0) is 13.0. The van der Waals surface area contributed by atoms with Gasteiger partial charge in [-0.3, -0.25) is 14.7 Å². The third kappa shape index (κ3) is 4.02. The lowest BCUT2D eigenvalue weighted by Crippen LogP contribution is -2.32. The van der Waals surface area contributed by atoms with E-state index in [1.54, 1.807) is 11.9 Å². The summed E-state index contributed by atoms with van der Waals surface area (Å²) in [5.41, 5.74) is 0.195. The Hall–Kier alpha value is -1.06. The molecule has 0 spiro atoms. The summed E-state index contributed by atoms with van der Waals surface area (Å²) in [6, 6.07) is 0.214. The fraction of sp³-hybridized carbons (Fsp3) is 0.333. The molecule has 92 valence electrons. The Morgan fingerprint density at radius 2 is 2.00 bits per heavy atom. The Morgan fingerprint density at radius 3 is 2.41 bits per heavy atom. The molecule has 0 atom stereocenters. The summed E-state index contributed by atoms with van der Waals surface area (Å²) in [5, 5.41) is 0.455. The van der Waals surface area contributed by atoms with E-state index >= 15 is 0 Å². The molecule has 0 heterocycles. The van der Waals surface area contributed by atoms with Crippen molar-refractivity contribution < 1.29 is 4.79 Å². The fourth-order valence-electron chi connectivity index (χ4n) is 1.27. The van der Waals surface area contributed by atoms with Gasteiger partial charge in [-0.05, 0) is 18.9 Å². The molecule has 1 amide bonds. The Morgan fingerprint density at radius 1 is 1.41 bits per heavy atom. The average molecular weight is 273 g/mol. The van der Waals surface area contributed by atoms with Crippen molar-refractivity contribution in [2.75, 3.05) is 7.05 Å². The molecule has 0 aromatic rings. The van der Waals surface area contributed by atoms with Gasteiger partial charge in [0.05, 0.1) is 16.9 Å². The van der Waals surface area contributed by atoms with Crippen LogP contribution in [0.15, 0.2) is 39.9 Å². The molecular weight excluding hydrogens is 259 g/mol. The minimum absolute atomic E-state index is 0.195. The fourth-order valence-corrected chi connectivity index (χ4v) is 1.65. The van der Waals surface area contributed by atoms with E-state index in [-0.39, 0.29) is 27.6 Å². The van der Waals surface area contributed by atoms with Crippen molar-refractivity contribution in [1.82, 2.24) is 4.90 Å². The minimum Gasteiger partial charge on any atom is -0.296 e. The van der Waals surface area contributed by atoms with Gasteiger partial charge in [-0.15, -0.1) is 0 Å². The smallest absolute Gasteiger partial charge is 0.260 e. The van der Waals surface area contributed by atoms with Gasteiger partial charge in [-0.2, -0.15) is 0 Å². The lowest BCUT2D eigenvalue weighted by molar-refractivity contribution is -0.123. The van der Waals surface area contributed by atoms with Crippen LogP contribution in [0.1, 0.15) is 12.8 Å². The van der Waals surface area contributed by atoms with Gasteiger partial charge in [0, 0.05) is 18.1 Å². The van der Waals surface area contributed by atoms with Crippen LogP contribution < -0.4 is 0 Å². The number of carbonyl (C=O) groups is 1. The van der Waals surface area contributed by atoms with Gasteiger partial charge in [0.2, 0.25) is 0 Å². The molecule has 17 heavy (non-hydrogen) atoms. The molecule has 0 aliphatic heterocycles. The van der Waals surface area contributed by atoms with E-state index in [9.17, 15) is 4.79 Å². The Bertz CT molecular complexity index is 409. The second-order valence-corrected chi connectivity index (χ2v) is 4.63. The summed E-state index contributed by atoms with van der Waals surface area (Å²) in [7, 11) is 1.61. The first-order chi connectivity index (χ1) is 7.97. The maximum Gasteiger partial charge on any atom is 0.260 e. The normalized spacial score (nSPS) is 16.1. The van der Waals surface area contributed by atoms with Crippen molar-refractivity contribution in [3.63, 3.8) is 0 Å². The van der Waals surface area contributed by atoms with Crippen molar-refractivity contribution in [2.45, 2.75) is 18.9 Å². The van der Waals surface area contributed by atoms with Crippen molar-refractivity contribution in [2.24, 2.45) is 4.99 Å². The SMILES string of the molecule is C=C(Cl)/C=C(/Cl)C(=C)C(=O)N(C=NC)C1CC1. The van der Waals surface area contributed by atoms with Crippen LogP contribution in [-0.2, 0) is 4.79 Å². The van der Waals surface area contributed by atoms with Crippen LogP contribution in [0.4, 0.5) is 0 Å². The number of aliphatic imine (C=N–C) groups is 1. The highest BCUT2D eigenvalue weighted by Gasteiger charge is 2.33. The van der Waals surface area contributed by atoms with Crippen LogP contribution >= 0.6 is 23.2 Å². The molecule has 0 aromatic carbocycles. The monoisotopic (exact) mass is 272 g/mol. The number of amides is 1. The van der Waals surface area contributed by atoms with E-state index in [1.165, 1.54) is 12.4 Å². The van der Waals surface area contributed by atoms with E-state index in [1.807, 2.05) is 0 Å². The van der Waals surface area contributed by atoms with Crippen LogP contribution in [0.3, 0.4) is 0 Å². The molecular formula is C12H14Cl2N2O. The molecule has 1 aliphatic carbocycles. The number of hydrogen-bond donors (Lipinski definition) is 0. The number of hydrogen-bond acceptors (Lipinski definition) is 2. The first kappa shape index (κ1) is 14.0. The molecule has 0 bridgehead atoms. The number of carbonyl (C=O) groups excluding carboxylic acids is 1. The molecule has 1 aliphatic rings. The zero-order valence-electron chi connectivity index (χ0n) is 9.62. The van der Waals surface area contributed by atoms with E-state index in [0.29, 0.717) is 0 Å². The molecule has 0 aromatic heterocycles. The molecule has 5 heteroatoms. The van der Waals surface area contributed by atoms with E-state index in [4.69, 9.17) is 23.2 Å². The lowest BCUT2D eigenvalue weighted by atomic mass is 10.2. The summed E-state index contributed by atoms with van der Waals surface area (Å²) >= 11 is 11.5. The molecule has 1 fully saturated rings. The molecule has 0 radical (unpaired) electrons. The van der Waals surface area contributed by atoms with E-state index in [2.05, 4.69) is 18.2 Å². The van der Waals surface area contributed by atoms with Gasteiger partial charge in [0.1, 0.15) is 0 Å². The zero-order valence-corrected chi connectivity index (χ0v) is 11.1. The molecule has 0 N–H and O–H groups in total. The van der Waals surface area contributed by atoms with Crippen molar-refractivity contribution in [3.8, 4) is 0 Å². The Labute approximate surface area is 111 Å². The number of nitrogens with zero attached hydrogens (tertiary/aromatic N) is 2. The maximum absolute atomic E-state index is 12.1. The second-order valence-electron chi connectivity index (χ2n) is 3.73. The van der Waals surface area contributed by atoms with Crippen LogP contribution in [-0.4, -0.2) is 30.2 Å². The highest BCUT2D eigenvalue weighted by molar-refractivity contribution is 6.38. The van der Waals surface area contributed by atoms with Gasteiger partial charge >= 0.3 is 0 Å². The molecule has 0 saturated heterocycles. The molecule has 0 unspecified atom stereocenters. The standard InChI is InChI=1S/C12H14Cl2N2O/c1-8(13)6-11(14)9(2)12(17)16(7-15-3)10-4-5-10/h6-7,10H,1-2,4-5H2,3H3/b11-6+,15-7?. The Kier molecular flexibility index (Phi) is 4.97. The van der Waals surface area contributed by atoms with Gasteiger partial charge < -0.3 is 0 Å². The van der Waals surface area contributed by atoms with Crippen molar-refractivity contribution >= 4 is 35.4 Å². The predicted octanol–water partition coefficient (Wildman–Crippen LogP) is 3.07. The first-order valence-electron chi connectivity index (χ1n) is 5.13. The second kappa shape index (κ2) is 6.03. The van der Waals surface area contributed by atoms with Gasteiger partial charge in [0.25, 0.3) is 5.91 Å². The summed E-state index contributed by atoms with van der Waals surface area (Å²) in [5.74, 6) is -0.253. The summed E-state index contributed by atoms with van der Waals surface area (Å²) in [6.45, 7) is 7.15. The van der Waals surface area contributed by atoms with Crippen LogP contribution in [0.25, 0.3) is 0 Å². The maximum atomic E-state index is 12.1. The topological polar surface area (TPSA) is 32.7 Å². The summed E-state index contributed by atoms with van der Waals surface area (Å²) in [6.07, 6.45) is 4.87. The Balaban J connectivity index is 2.80. The van der Waals surface area contributed by atoms with Gasteiger partial charge in [-0.25, -0.2) is 0 Å². The van der Waals surface area contributed by atoms with Crippen molar-refractivity contribution in [1.29, 1.82) is 0 Å². The minimum atomic E-state index is -0.253. The van der Waals surface area contributed by atoms with Crippen LogP contribution in [0.2, 0.25) is 0 Å². The largest absolute Gasteiger partial charge is 0.296 e. The third-order valence-electron chi connectivity index (χ3n) is 2.24. The molecule has 1 rings (SSSR count).